The second-order valence-corrected chi connectivity index (χ2v) is 8.06. The number of halogens is 3. The summed E-state index contributed by atoms with van der Waals surface area (Å²) in [6.07, 6.45) is -3.74. The van der Waals surface area contributed by atoms with Gasteiger partial charge in [-0.1, -0.05) is 30.3 Å². The number of nitrogens with zero attached hydrogens (tertiary/aromatic N) is 3. The number of alkyl halides is 3. The van der Waals surface area contributed by atoms with Crippen molar-refractivity contribution in [1.29, 1.82) is 0 Å². The minimum absolute atomic E-state index is 0.125. The van der Waals surface area contributed by atoms with E-state index < -0.39 is 12.1 Å². The van der Waals surface area contributed by atoms with Crippen LogP contribution in [0.5, 0.6) is 0 Å². The van der Waals surface area contributed by atoms with Crippen LogP contribution in [0.15, 0.2) is 53.1 Å². The highest BCUT2D eigenvalue weighted by molar-refractivity contribution is 5.95. The van der Waals surface area contributed by atoms with Crippen molar-refractivity contribution in [2.75, 3.05) is 10.2 Å². The fraction of sp³-hybridized carbons (Fsp3) is 0.333. The number of nitrogens with one attached hydrogen (secondary N) is 1. The van der Waals surface area contributed by atoms with Gasteiger partial charge in [0.05, 0.1) is 12.6 Å². The molecule has 12 heteroatoms. The molecule has 1 aliphatic rings. The maximum Gasteiger partial charge on any atom is 0.490 e. The Balaban J connectivity index is 0.000000454. The number of anilines is 2. The second kappa shape index (κ2) is 11.2. The van der Waals surface area contributed by atoms with E-state index in [0.717, 1.165) is 28.9 Å². The lowest BCUT2D eigenvalue weighted by atomic mass is 9.91. The number of para-hydroxylation sites is 1. The number of aromatic nitrogens is 2. The molecule has 0 fully saturated rings. The Morgan fingerprint density at radius 2 is 1.83 bits per heavy atom. The molecular formula is C24H26F3N5O4. The van der Waals surface area contributed by atoms with Gasteiger partial charge in [-0.05, 0) is 49.2 Å². The Labute approximate surface area is 205 Å². The largest absolute Gasteiger partial charge is 0.490 e. The number of hydrogen-bond donors (Lipinski definition) is 3. The molecule has 3 aromatic rings. The molecule has 0 saturated heterocycles. The molecule has 2 heterocycles. The molecule has 1 amide bonds. The van der Waals surface area contributed by atoms with Crippen LogP contribution in [0, 0.1) is 0 Å². The van der Waals surface area contributed by atoms with E-state index in [9.17, 15) is 18.0 Å². The van der Waals surface area contributed by atoms with Gasteiger partial charge in [-0.3, -0.25) is 4.79 Å². The molecular weight excluding hydrogens is 479 g/mol. The molecule has 2 aromatic carbocycles. The van der Waals surface area contributed by atoms with Crippen molar-refractivity contribution < 1.29 is 32.4 Å². The average molecular weight is 505 g/mol. The maximum absolute atomic E-state index is 12.5. The number of amides is 1. The molecule has 0 bridgehead atoms. The van der Waals surface area contributed by atoms with Gasteiger partial charge in [-0.25, -0.2) is 4.79 Å². The predicted octanol–water partition coefficient (Wildman–Crippen LogP) is 4.52. The van der Waals surface area contributed by atoms with Crippen molar-refractivity contribution in [2.45, 2.75) is 51.5 Å². The number of carboxylic acid groups (broad SMARTS) is 1. The van der Waals surface area contributed by atoms with Crippen LogP contribution in [-0.4, -0.2) is 39.3 Å². The first-order chi connectivity index (χ1) is 17.0. The third-order valence-electron chi connectivity index (χ3n) is 5.53. The van der Waals surface area contributed by atoms with Gasteiger partial charge < -0.3 is 25.6 Å². The number of benzene rings is 2. The molecule has 0 aliphatic carbocycles. The molecule has 0 radical (unpaired) electrons. The number of carboxylic acids is 1. The number of fused-ring (bicyclic) bond motifs is 1. The minimum Gasteiger partial charge on any atom is -0.475 e. The van der Waals surface area contributed by atoms with Crippen LogP contribution in [0.3, 0.4) is 0 Å². The zero-order valence-corrected chi connectivity index (χ0v) is 19.6. The topological polar surface area (TPSA) is 135 Å². The van der Waals surface area contributed by atoms with Crippen molar-refractivity contribution in [3.63, 3.8) is 0 Å². The first-order valence-electron chi connectivity index (χ1n) is 11.2. The molecule has 4 rings (SSSR count). The van der Waals surface area contributed by atoms with Crippen LogP contribution < -0.4 is 16.0 Å². The molecule has 4 N–H and O–H groups in total. The third-order valence-corrected chi connectivity index (χ3v) is 5.53. The molecule has 9 nitrogen and oxygen atoms in total. The lowest BCUT2D eigenvalue weighted by molar-refractivity contribution is -0.192. The van der Waals surface area contributed by atoms with Crippen molar-refractivity contribution >= 4 is 23.3 Å². The molecule has 1 aromatic heterocycles. The summed E-state index contributed by atoms with van der Waals surface area (Å²) in [4.78, 5) is 27.6. The summed E-state index contributed by atoms with van der Waals surface area (Å²) in [6, 6.07) is 16.3. The SMILES string of the molecule is CCC(=O)N1c2ccccc2[C@H](Nc2ccc(-c3nc(CN)no3)cc2)C[C@@H]1C.O=C(O)C(F)(F)F. The first-order valence-corrected chi connectivity index (χ1v) is 11.2. The summed E-state index contributed by atoms with van der Waals surface area (Å²) < 4.78 is 37.0. The van der Waals surface area contributed by atoms with Gasteiger partial charge in [0.15, 0.2) is 5.82 Å². The number of nitrogens with two attached hydrogens (primary N) is 1. The molecule has 192 valence electrons. The van der Waals surface area contributed by atoms with Crippen LogP contribution in [0.4, 0.5) is 24.5 Å². The van der Waals surface area contributed by atoms with Crippen molar-refractivity contribution in [3.8, 4) is 11.5 Å². The van der Waals surface area contributed by atoms with Gasteiger partial charge in [0.25, 0.3) is 5.89 Å². The van der Waals surface area contributed by atoms with E-state index in [4.69, 9.17) is 20.2 Å². The fourth-order valence-corrected chi connectivity index (χ4v) is 3.86. The van der Waals surface area contributed by atoms with Crippen molar-refractivity contribution in [3.05, 3.63) is 59.9 Å². The molecule has 0 spiro atoms. The van der Waals surface area contributed by atoms with E-state index in [1.807, 2.05) is 54.3 Å². The Morgan fingerprint density at radius 3 is 2.39 bits per heavy atom. The molecule has 36 heavy (non-hydrogen) atoms. The van der Waals surface area contributed by atoms with E-state index in [0.29, 0.717) is 18.1 Å². The number of aliphatic carboxylic acids is 1. The Kier molecular flexibility index (Phi) is 8.30. The van der Waals surface area contributed by atoms with Crippen molar-refractivity contribution in [1.82, 2.24) is 10.1 Å². The molecule has 2 atom stereocenters. The molecule has 1 aliphatic heterocycles. The number of hydrogen-bond acceptors (Lipinski definition) is 7. The zero-order chi connectivity index (χ0) is 26.5. The van der Waals surface area contributed by atoms with Gasteiger partial charge in [0.2, 0.25) is 5.91 Å². The normalized spacial score (nSPS) is 17.0. The number of rotatable bonds is 5. The average Bonchev–Trinajstić information content (AvgIpc) is 3.33. The lowest BCUT2D eigenvalue weighted by Gasteiger charge is -2.40. The van der Waals surface area contributed by atoms with E-state index >= 15 is 0 Å². The van der Waals surface area contributed by atoms with Crippen LogP contribution in [-0.2, 0) is 16.1 Å². The minimum atomic E-state index is -5.08. The maximum atomic E-state index is 12.5. The summed E-state index contributed by atoms with van der Waals surface area (Å²) >= 11 is 0. The summed E-state index contributed by atoms with van der Waals surface area (Å²) in [6.45, 7) is 4.26. The van der Waals surface area contributed by atoms with Crippen LogP contribution in [0.25, 0.3) is 11.5 Å². The first kappa shape index (κ1) is 26.7. The van der Waals surface area contributed by atoms with E-state index in [1.165, 1.54) is 0 Å². The Hall–Kier alpha value is -3.93. The van der Waals surface area contributed by atoms with E-state index in [-0.39, 0.29) is 24.5 Å². The monoisotopic (exact) mass is 505 g/mol. The molecule has 0 unspecified atom stereocenters. The van der Waals surface area contributed by atoms with Crippen LogP contribution in [0.1, 0.15) is 44.1 Å². The quantitative estimate of drug-likeness (QED) is 0.461. The van der Waals surface area contributed by atoms with Crippen LogP contribution >= 0.6 is 0 Å². The number of carbonyl (C=O) groups is 2. The van der Waals surface area contributed by atoms with E-state index in [1.54, 1.807) is 0 Å². The smallest absolute Gasteiger partial charge is 0.475 e. The van der Waals surface area contributed by atoms with Gasteiger partial charge >= 0.3 is 12.1 Å². The highest BCUT2D eigenvalue weighted by atomic mass is 19.4. The molecule has 0 saturated carbocycles. The van der Waals surface area contributed by atoms with Gasteiger partial charge in [0, 0.05) is 29.4 Å². The van der Waals surface area contributed by atoms with Crippen molar-refractivity contribution in [2.24, 2.45) is 5.73 Å². The van der Waals surface area contributed by atoms with Gasteiger partial charge in [-0.2, -0.15) is 18.2 Å². The van der Waals surface area contributed by atoms with Gasteiger partial charge in [0.1, 0.15) is 0 Å². The number of carbonyl (C=O) groups excluding carboxylic acids is 1. The Bertz CT molecular complexity index is 1200. The van der Waals surface area contributed by atoms with Gasteiger partial charge in [-0.15, -0.1) is 0 Å². The second-order valence-electron chi connectivity index (χ2n) is 8.06. The summed E-state index contributed by atoms with van der Waals surface area (Å²) in [5, 5.41) is 14.6. The zero-order valence-electron chi connectivity index (χ0n) is 19.6. The predicted molar refractivity (Wildman–Crippen MR) is 126 cm³/mol. The highest BCUT2D eigenvalue weighted by Crippen LogP contribution is 2.39. The lowest BCUT2D eigenvalue weighted by Crippen LogP contribution is -2.44. The van der Waals surface area contributed by atoms with Crippen LogP contribution in [0.2, 0.25) is 0 Å². The van der Waals surface area contributed by atoms with E-state index in [2.05, 4.69) is 28.4 Å². The summed E-state index contributed by atoms with van der Waals surface area (Å²) in [7, 11) is 0. The fourth-order valence-electron chi connectivity index (χ4n) is 3.86. The highest BCUT2D eigenvalue weighted by Gasteiger charge is 2.38. The summed E-state index contributed by atoms with van der Waals surface area (Å²) in [5.74, 6) is -1.65. The standard InChI is InChI=1S/C22H25N5O2.C2HF3O2/c1-3-21(28)27-14(2)12-18(17-6-4-5-7-19(17)27)24-16-10-8-15(9-11-16)22-25-20(13-23)26-29-22;3-2(4,5)1(6)7/h4-11,14,18,24H,3,12-13,23H2,1-2H3;(H,6,7)/t14-,18+;/m0./s1. The third kappa shape index (κ3) is 6.19. The summed E-state index contributed by atoms with van der Waals surface area (Å²) in [5.41, 5.74) is 9.51. The Morgan fingerprint density at radius 1 is 1.19 bits per heavy atom.